The minimum absolute atomic E-state index is 0.598. The highest BCUT2D eigenvalue weighted by Gasteiger charge is 2.18. The van der Waals surface area contributed by atoms with Crippen LogP contribution in [0.5, 0.6) is 0 Å². The first-order valence-electron chi connectivity index (χ1n) is 19.2. The molecule has 0 saturated carbocycles. The lowest BCUT2D eigenvalue weighted by Crippen LogP contribution is -2.09. The summed E-state index contributed by atoms with van der Waals surface area (Å²) in [5, 5.41) is 4.46. The molecule has 9 aromatic carbocycles. The largest absolute Gasteiger partial charge is 0.456 e. The number of hydrogen-bond donors (Lipinski definition) is 0. The first-order chi connectivity index (χ1) is 28.2. The quantitative estimate of drug-likeness (QED) is 0.164. The van der Waals surface area contributed by atoms with Gasteiger partial charge >= 0.3 is 0 Å². The fourth-order valence-corrected chi connectivity index (χ4v) is 8.05. The maximum Gasteiger partial charge on any atom is 0.227 e. The third kappa shape index (κ3) is 5.92. The van der Waals surface area contributed by atoms with Gasteiger partial charge in [-0.3, -0.25) is 0 Å². The molecule has 11 rings (SSSR count). The van der Waals surface area contributed by atoms with Crippen LogP contribution in [0.15, 0.2) is 215 Å². The molecule has 268 valence electrons. The van der Waals surface area contributed by atoms with Crippen LogP contribution in [0.1, 0.15) is 0 Å². The summed E-state index contributed by atoms with van der Waals surface area (Å²) in [5.41, 5.74) is 14.3. The van der Waals surface area contributed by atoms with Crippen molar-refractivity contribution in [1.82, 2.24) is 4.98 Å². The van der Waals surface area contributed by atoms with E-state index in [1.807, 2.05) is 42.5 Å². The van der Waals surface area contributed by atoms with Gasteiger partial charge in [-0.1, -0.05) is 133 Å². The number of hydrogen-bond acceptors (Lipinski definition) is 4. The molecule has 0 aliphatic carbocycles. The van der Waals surface area contributed by atoms with Gasteiger partial charge in [-0.15, -0.1) is 0 Å². The van der Waals surface area contributed by atoms with E-state index in [0.717, 1.165) is 61.2 Å². The van der Waals surface area contributed by atoms with Crippen LogP contribution in [-0.4, -0.2) is 4.98 Å². The molecule has 0 unspecified atom stereocenters. The average molecular weight is 731 g/mol. The Balaban J connectivity index is 0.995. The van der Waals surface area contributed by atoms with Crippen molar-refractivity contribution in [3.05, 3.63) is 206 Å². The number of aromatic nitrogens is 1. The Kier molecular flexibility index (Phi) is 7.78. The van der Waals surface area contributed by atoms with Crippen molar-refractivity contribution in [3.63, 3.8) is 0 Å². The number of rotatable bonds is 7. The van der Waals surface area contributed by atoms with Crippen LogP contribution in [0.2, 0.25) is 0 Å². The molecule has 0 fully saturated rings. The van der Waals surface area contributed by atoms with Gasteiger partial charge in [-0.05, 0) is 111 Å². The Labute approximate surface area is 329 Å². The summed E-state index contributed by atoms with van der Waals surface area (Å²) in [7, 11) is 0. The number of anilines is 3. The summed E-state index contributed by atoms with van der Waals surface area (Å²) in [4.78, 5) is 7.19. The fourth-order valence-electron chi connectivity index (χ4n) is 8.05. The van der Waals surface area contributed by atoms with Gasteiger partial charge in [0.2, 0.25) is 5.89 Å². The topological polar surface area (TPSA) is 42.4 Å². The molecule has 2 aromatic heterocycles. The summed E-state index contributed by atoms with van der Waals surface area (Å²) >= 11 is 0. The van der Waals surface area contributed by atoms with Crippen molar-refractivity contribution in [1.29, 1.82) is 0 Å². The van der Waals surface area contributed by atoms with E-state index in [0.29, 0.717) is 11.5 Å². The van der Waals surface area contributed by atoms with Gasteiger partial charge in [0, 0.05) is 39.5 Å². The lowest BCUT2D eigenvalue weighted by atomic mass is 9.98. The van der Waals surface area contributed by atoms with E-state index in [-0.39, 0.29) is 0 Å². The Morgan fingerprint density at radius 3 is 1.61 bits per heavy atom. The highest BCUT2D eigenvalue weighted by molar-refractivity contribution is 6.15. The molecule has 0 spiro atoms. The molecular formula is C53H34N2O2. The van der Waals surface area contributed by atoms with Crippen molar-refractivity contribution in [2.45, 2.75) is 0 Å². The number of benzene rings is 9. The van der Waals surface area contributed by atoms with Crippen LogP contribution in [0.3, 0.4) is 0 Å². The van der Waals surface area contributed by atoms with Gasteiger partial charge in [0.1, 0.15) is 16.7 Å². The number of furan rings is 1. The molecule has 0 N–H and O–H groups in total. The fraction of sp³-hybridized carbons (Fsp3) is 0. The molecule has 57 heavy (non-hydrogen) atoms. The van der Waals surface area contributed by atoms with Crippen LogP contribution in [0, 0.1) is 0 Å². The molecule has 4 nitrogen and oxygen atoms in total. The standard InChI is InChI=1S/C53H34N2O2/c1-4-11-35(12-5-1)37-21-26-43(27-22-37)55(45-30-25-41-31-40(19-20-42(41)32-45)36-13-6-2-7-14-36)44-28-23-38(24-29-44)46-17-10-18-49-52(46)47-33-48-51(34-50(47)56-49)57-53(54-48)39-15-8-3-9-16-39/h1-34H. The zero-order valence-corrected chi connectivity index (χ0v) is 30.8. The summed E-state index contributed by atoms with van der Waals surface area (Å²) in [6.45, 7) is 0. The number of nitrogens with zero attached hydrogens (tertiary/aromatic N) is 2. The van der Waals surface area contributed by atoms with E-state index >= 15 is 0 Å². The Morgan fingerprint density at radius 2 is 0.912 bits per heavy atom. The third-order valence-electron chi connectivity index (χ3n) is 10.9. The second-order valence-corrected chi connectivity index (χ2v) is 14.4. The van der Waals surface area contributed by atoms with E-state index in [2.05, 4.69) is 169 Å². The van der Waals surface area contributed by atoms with Gasteiger partial charge in [-0.2, -0.15) is 0 Å². The van der Waals surface area contributed by atoms with E-state index in [4.69, 9.17) is 13.8 Å². The minimum atomic E-state index is 0.598. The summed E-state index contributed by atoms with van der Waals surface area (Å²) in [6.07, 6.45) is 0. The molecule has 0 aliphatic rings. The van der Waals surface area contributed by atoms with Crippen molar-refractivity contribution in [2.75, 3.05) is 4.90 Å². The first kappa shape index (κ1) is 32.7. The molecule has 0 saturated heterocycles. The third-order valence-corrected chi connectivity index (χ3v) is 10.9. The van der Waals surface area contributed by atoms with E-state index in [1.165, 1.54) is 33.0 Å². The predicted molar refractivity (Wildman–Crippen MR) is 235 cm³/mol. The SMILES string of the molecule is c1ccc(-c2ccc(N(c3ccc(-c4cccc5oc6cc7oc(-c8ccccc8)nc7cc6c45)cc3)c3ccc4cc(-c5ccccc5)ccc4c3)cc2)cc1. The van der Waals surface area contributed by atoms with Crippen molar-refractivity contribution >= 4 is 60.9 Å². The number of oxazole rings is 1. The molecule has 0 aliphatic heterocycles. The molecule has 0 radical (unpaired) electrons. The second kappa shape index (κ2) is 13.6. The normalized spacial score (nSPS) is 11.5. The summed E-state index contributed by atoms with van der Waals surface area (Å²) in [5.74, 6) is 0.598. The second-order valence-electron chi connectivity index (χ2n) is 14.4. The van der Waals surface area contributed by atoms with Crippen molar-refractivity contribution < 1.29 is 8.83 Å². The zero-order valence-electron chi connectivity index (χ0n) is 30.8. The molecule has 11 aromatic rings. The van der Waals surface area contributed by atoms with E-state index in [1.54, 1.807) is 0 Å². The van der Waals surface area contributed by atoms with Crippen LogP contribution < -0.4 is 4.90 Å². The van der Waals surface area contributed by atoms with Crippen LogP contribution in [-0.2, 0) is 0 Å². The Bertz CT molecular complexity index is 3200. The predicted octanol–water partition coefficient (Wildman–Crippen LogP) is 15.0. The molecular weight excluding hydrogens is 697 g/mol. The smallest absolute Gasteiger partial charge is 0.227 e. The Hall–Kier alpha value is -7.69. The van der Waals surface area contributed by atoms with Crippen LogP contribution >= 0.6 is 0 Å². The van der Waals surface area contributed by atoms with E-state index in [9.17, 15) is 0 Å². The zero-order chi connectivity index (χ0) is 37.7. The van der Waals surface area contributed by atoms with Gasteiger partial charge < -0.3 is 13.7 Å². The van der Waals surface area contributed by atoms with Gasteiger partial charge in [-0.25, -0.2) is 4.98 Å². The summed E-state index contributed by atoms with van der Waals surface area (Å²) in [6, 6.07) is 72.5. The molecule has 0 bridgehead atoms. The lowest BCUT2D eigenvalue weighted by molar-refractivity contribution is 0.617. The van der Waals surface area contributed by atoms with Crippen molar-refractivity contribution in [2.24, 2.45) is 0 Å². The maximum atomic E-state index is 6.43. The monoisotopic (exact) mass is 730 g/mol. The van der Waals surface area contributed by atoms with Gasteiger partial charge in [0.25, 0.3) is 0 Å². The van der Waals surface area contributed by atoms with Gasteiger partial charge in [0.15, 0.2) is 5.58 Å². The first-order valence-corrected chi connectivity index (χ1v) is 19.2. The summed E-state index contributed by atoms with van der Waals surface area (Å²) < 4.78 is 12.6. The average Bonchev–Trinajstić information content (AvgIpc) is 3.87. The van der Waals surface area contributed by atoms with Gasteiger partial charge in [0.05, 0.1) is 0 Å². The number of fused-ring (bicyclic) bond motifs is 5. The lowest BCUT2D eigenvalue weighted by Gasteiger charge is -2.26. The molecule has 0 atom stereocenters. The Morgan fingerprint density at radius 1 is 0.351 bits per heavy atom. The maximum absolute atomic E-state index is 6.43. The molecule has 4 heteroatoms. The minimum Gasteiger partial charge on any atom is -0.456 e. The highest BCUT2D eigenvalue weighted by Crippen LogP contribution is 2.42. The molecule has 0 amide bonds. The van der Waals surface area contributed by atoms with Crippen molar-refractivity contribution in [3.8, 4) is 44.8 Å². The molecule has 2 heterocycles. The van der Waals surface area contributed by atoms with E-state index < -0.39 is 0 Å². The van der Waals surface area contributed by atoms with Crippen LogP contribution in [0.4, 0.5) is 17.1 Å². The van der Waals surface area contributed by atoms with Crippen LogP contribution in [0.25, 0.3) is 88.6 Å². The highest BCUT2D eigenvalue weighted by atomic mass is 16.4.